The third kappa shape index (κ3) is 2.43. The van der Waals surface area contributed by atoms with Crippen molar-refractivity contribution in [3.05, 3.63) is 30.5 Å². The molecule has 4 N–H and O–H groups in total. The summed E-state index contributed by atoms with van der Waals surface area (Å²) in [5.41, 5.74) is 8.88. The van der Waals surface area contributed by atoms with Crippen molar-refractivity contribution in [3.8, 4) is 0 Å². The SMILES string of the molecule is Nc1c(NC2CCCCC2CO)ccc2ncccc12. The molecule has 1 aliphatic rings. The fraction of sp³-hybridized carbons (Fsp3) is 0.438. The average molecular weight is 271 g/mol. The number of aliphatic hydroxyl groups excluding tert-OH is 1. The summed E-state index contributed by atoms with van der Waals surface area (Å²) in [6, 6.07) is 8.19. The van der Waals surface area contributed by atoms with Crippen molar-refractivity contribution in [1.82, 2.24) is 4.98 Å². The molecular formula is C16H21N3O. The molecule has 0 radical (unpaired) electrons. The van der Waals surface area contributed by atoms with Gasteiger partial charge in [-0.15, -0.1) is 0 Å². The molecule has 1 aromatic carbocycles. The van der Waals surface area contributed by atoms with Crippen LogP contribution in [0.3, 0.4) is 0 Å². The number of nitrogen functional groups attached to an aromatic ring is 1. The maximum Gasteiger partial charge on any atom is 0.0724 e. The molecule has 1 aromatic heterocycles. The zero-order valence-electron chi connectivity index (χ0n) is 11.5. The number of aliphatic hydroxyl groups is 1. The smallest absolute Gasteiger partial charge is 0.0724 e. The van der Waals surface area contributed by atoms with Crippen LogP contribution in [0.4, 0.5) is 11.4 Å². The minimum atomic E-state index is 0.243. The summed E-state index contributed by atoms with van der Waals surface area (Å²) in [7, 11) is 0. The summed E-state index contributed by atoms with van der Waals surface area (Å²) in [6.45, 7) is 0.243. The van der Waals surface area contributed by atoms with E-state index >= 15 is 0 Å². The summed E-state index contributed by atoms with van der Waals surface area (Å²) in [5, 5.41) is 14.0. The molecule has 1 fully saturated rings. The van der Waals surface area contributed by atoms with Crippen LogP contribution >= 0.6 is 0 Å². The van der Waals surface area contributed by atoms with Crippen molar-refractivity contribution >= 4 is 22.3 Å². The van der Waals surface area contributed by atoms with Crippen LogP contribution in [0.5, 0.6) is 0 Å². The van der Waals surface area contributed by atoms with Gasteiger partial charge in [0.1, 0.15) is 0 Å². The average Bonchev–Trinajstić information content (AvgIpc) is 2.51. The second-order valence-electron chi connectivity index (χ2n) is 5.57. The number of fused-ring (bicyclic) bond motifs is 1. The summed E-state index contributed by atoms with van der Waals surface area (Å²) in [5.74, 6) is 0.327. The lowest BCUT2D eigenvalue weighted by Crippen LogP contribution is -2.34. The second-order valence-corrected chi connectivity index (χ2v) is 5.57. The number of pyridine rings is 1. The van der Waals surface area contributed by atoms with Crippen LogP contribution in [0.1, 0.15) is 25.7 Å². The number of nitrogens with two attached hydrogens (primary N) is 1. The quantitative estimate of drug-likeness (QED) is 0.751. The lowest BCUT2D eigenvalue weighted by Gasteiger charge is -2.32. The summed E-state index contributed by atoms with van der Waals surface area (Å²) in [4.78, 5) is 4.31. The number of benzene rings is 1. The van der Waals surface area contributed by atoms with E-state index in [0.29, 0.717) is 12.0 Å². The molecule has 0 spiro atoms. The van der Waals surface area contributed by atoms with Gasteiger partial charge in [0.2, 0.25) is 0 Å². The fourth-order valence-electron chi connectivity index (χ4n) is 3.12. The van der Waals surface area contributed by atoms with E-state index in [1.807, 2.05) is 24.3 Å². The van der Waals surface area contributed by atoms with Crippen molar-refractivity contribution in [2.75, 3.05) is 17.7 Å². The third-order valence-electron chi connectivity index (χ3n) is 4.31. The molecule has 0 amide bonds. The zero-order chi connectivity index (χ0) is 13.9. The number of nitrogens with one attached hydrogen (secondary N) is 1. The van der Waals surface area contributed by atoms with Crippen molar-refractivity contribution in [2.24, 2.45) is 5.92 Å². The molecule has 2 atom stereocenters. The van der Waals surface area contributed by atoms with E-state index in [-0.39, 0.29) is 6.61 Å². The first-order valence-electron chi connectivity index (χ1n) is 7.30. The highest BCUT2D eigenvalue weighted by molar-refractivity contribution is 5.96. The molecule has 4 heteroatoms. The Morgan fingerprint density at radius 2 is 2.10 bits per heavy atom. The van der Waals surface area contributed by atoms with Crippen molar-refractivity contribution in [3.63, 3.8) is 0 Å². The van der Waals surface area contributed by atoms with E-state index in [2.05, 4.69) is 10.3 Å². The fourth-order valence-corrected chi connectivity index (χ4v) is 3.12. The highest BCUT2D eigenvalue weighted by Crippen LogP contribution is 2.32. The minimum Gasteiger partial charge on any atom is -0.397 e. The first-order chi connectivity index (χ1) is 9.79. The van der Waals surface area contributed by atoms with Crippen LogP contribution in [0.25, 0.3) is 10.9 Å². The molecule has 3 rings (SSSR count). The molecular weight excluding hydrogens is 250 g/mol. The van der Waals surface area contributed by atoms with Crippen LogP contribution in [0.2, 0.25) is 0 Å². The van der Waals surface area contributed by atoms with E-state index in [4.69, 9.17) is 5.73 Å². The number of rotatable bonds is 3. The molecule has 1 saturated carbocycles. The maximum absolute atomic E-state index is 9.50. The van der Waals surface area contributed by atoms with Crippen molar-refractivity contribution in [1.29, 1.82) is 0 Å². The molecule has 2 unspecified atom stereocenters. The summed E-state index contributed by atoms with van der Waals surface area (Å²) in [6.07, 6.45) is 6.38. The Labute approximate surface area is 119 Å². The maximum atomic E-state index is 9.50. The van der Waals surface area contributed by atoms with Crippen LogP contribution in [0.15, 0.2) is 30.5 Å². The number of aromatic nitrogens is 1. The monoisotopic (exact) mass is 271 g/mol. The highest BCUT2D eigenvalue weighted by atomic mass is 16.3. The standard InChI is InChI=1S/C16H21N3O/c17-16-12-5-3-9-18-14(12)7-8-15(16)19-13-6-2-1-4-11(13)10-20/h3,5,7-9,11,13,19-20H,1-2,4,6,10,17H2. The lowest BCUT2D eigenvalue weighted by atomic mass is 9.85. The van der Waals surface area contributed by atoms with E-state index in [1.165, 1.54) is 12.8 Å². The van der Waals surface area contributed by atoms with Gasteiger partial charge in [0.15, 0.2) is 0 Å². The lowest BCUT2D eigenvalue weighted by molar-refractivity contribution is 0.178. The van der Waals surface area contributed by atoms with Crippen LogP contribution in [-0.2, 0) is 0 Å². The molecule has 1 heterocycles. The van der Waals surface area contributed by atoms with E-state index in [9.17, 15) is 5.11 Å². The van der Waals surface area contributed by atoms with Gasteiger partial charge in [-0.2, -0.15) is 0 Å². The van der Waals surface area contributed by atoms with Crippen LogP contribution in [0, 0.1) is 5.92 Å². The van der Waals surface area contributed by atoms with Gasteiger partial charge in [0.25, 0.3) is 0 Å². The zero-order valence-corrected chi connectivity index (χ0v) is 11.5. The number of hydrogen-bond acceptors (Lipinski definition) is 4. The van der Waals surface area contributed by atoms with Gasteiger partial charge in [-0.05, 0) is 37.1 Å². The molecule has 0 aliphatic heterocycles. The predicted octanol–water partition coefficient (Wildman–Crippen LogP) is 2.78. The highest BCUT2D eigenvalue weighted by Gasteiger charge is 2.24. The summed E-state index contributed by atoms with van der Waals surface area (Å²) >= 11 is 0. The van der Waals surface area contributed by atoms with E-state index < -0.39 is 0 Å². The Morgan fingerprint density at radius 1 is 1.25 bits per heavy atom. The van der Waals surface area contributed by atoms with Crippen molar-refractivity contribution < 1.29 is 5.11 Å². The Morgan fingerprint density at radius 3 is 2.95 bits per heavy atom. The second kappa shape index (κ2) is 5.67. The minimum absolute atomic E-state index is 0.243. The van der Waals surface area contributed by atoms with E-state index in [0.717, 1.165) is 35.1 Å². The normalized spacial score (nSPS) is 22.9. The molecule has 20 heavy (non-hydrogen) atoms. The van der Waals surface area contributed by atoms with Crippen molar-refractivity contribution in [2.45, 2.75) is 31.7 Å². The van der Waals surface area contributed by atoms with E-state index in [1.54, 1.807) is 6.20 Å². The molecule has 4 nitrogen and oxygen atoms in total. The van der Waals surface area contributed by atoms with Gasteiger partial charge in [0, 0.05) is 30.1 Å². The number of nitrogens with zero attached hydrogens (tertiary/aromatic N) is 1. The van der Waals surface area contributed by atoms with Gasteiger partial charge >= 0.3 is 0 Å². The molecule has 2 aromatic rings. The number of anilines is 2. The summed E-state index contributed by atoms with van der Waals surface area (Å²) < 4.78 is 0. The predicted molar refractivity (Wildman–Crippen MR) is 82.6 cm³/mol. The van der Waals surface area contributed by atoms with Gasteiger partial charge in [0.05, 0.1) is 16.9 Å². The first kappa shape index (κ1) is 13.2. The Kier molecular flexibility index (Phi) is 3.74. The van der Waals surface area contributed by atoms with Gasteiger partial charge in [-0.25, -0.2) is 0 Å². The van der Waals surface area contributed by atoms with Crippen LogP contribution in [-0.4, -0.2) is 22.7 Å². The van der Waals surface area contributed by atoms with Gasteiger partial charge in [-0.3, -0.25) is 4.98 Å². The third-order valence-corrected chi connectivity index (χ3v) is 4.31. The largest absolute Gasteiger partial charge is 0.397 e. The Balaban J connectivity index is 1.88. The molecule has 0 bridgehead atoms. The molecule has 0 saturated heterocycles. The topological polar surface area (TPSA) is 71.2 Å². The van der Waals surface area contributed by atoms with Crippen LogP contribution < -0.4 is 11.1 Å². The number of hydrogen-bond donors (Lipinski definition) is 3. The Bertz CT molecular complexity index is 599. The Hall–Kier alpha value is -1.81. The molecule has 1 aliphatic carbocycles. The van der Waals surface area contributed by atoms with Gasteiger partial charge < -0.3 is 16.2 Å². The molecule has 106 valence electrons. The van der Waals surface area contributed by atoms with Gasteiger partial charge in [-0.1, -0.05) is 12.8 Å². The first-order valence-corrected chi connectivity index (χ1v) is 7.30.